The van der Waals surface area contributed by atoms with E-state index in [4.69, 9.17) is 4.74 Å². The fourth-order valence-electron chi connectivity index (χ4n) is 4.18. The van der Waals surface area contributed by atoms with Crippen LogP contribution in [0.15, 0.2) is 77.7 Å². The van der Waals surface area contributed by atoms with Crippen LogP contribution in [0, 0.1) is 13.8 Å². The van der Waals surface area contributed by atoms with Crippen LogP contribution in [0.4, 0.5) is 5.69 Å². The van der Waals surface area contributed by atoms with Gasteiger partial charge in [-0.1, -0.05) is 49.4 Å². The second-order valence-corrected chi connectivity index (χ2v) is 11.2. The van der Waals surface area contributed by atoms with Crippen LogP contribution >= 0.6 is 0 Å². The maximum absolute atomic E-state index is 14.0. The summed E-state index contributed by atoms with van der Waals surface area (Å²) < 4.78 is 34.3. The number of methoxy groups -OCH3 is 1. The number of aryl methyl sites for hydroxylation is 1. The monoisotopic (exact) mass is 551 g/mol. The van der Waals surface area contributed by atoms with Gasteiger partial charge in [0.05, 0.1) is 17.7 Å². The van der Waals surface area contributed by atoms with E-state index in [9.17, 15) is 18.0 Å². The Hall–Kier alpha value is -3.85. The Morgan fingerprint density at radius 3 is 2.33 bits per heavy atom. The molecule has 0 radical (unpaired) electrons. The molecule has 0 aliphatic rings. The standard InChI is InChI=1S/C30H37N3O5S/c1-6-18-31-30(35)24(4)32(20-25-13-11-14-26(19-25)38-5)29(34)21-33(28-17-10-12-22(2)23(28)3)39(36,37)27-15-8-7-9-16-27/h7-17,19,24H,6,18,20-21H2,1-5H3,(H,31,35)/t24-/m0/s1. The second-order valence-electron chi connectivity index (χ2n) is 9.38. The third kappa shape index (κ3) is 7.17. The first kappa shape index (κ1) is 29.7. The number of nitrogens with one attached hydrogen (secondary N) is 1. The van der Waals surface area contributed by atoms with Crippen molar-refractivity contribution >= 4 is 27.5 Å². The molecule has 1 atom stereocenters. The van der Waals surface area contributed by atoms with Gasteiger partial charge in [-0.05, 0) is 74.2 Å². The van der Waals surface area contributed by atoms with Gasteiger partial charge in [-0.3, -0.25) is 13.9 Å². The molecule has 0 fully saturated rings. The van der Waals surface area contributed by atoms with E-state index in [-0.39, 0.29) is 17.3 Å². The summed E-state index contributed by atoms with van der Waals surface area (Å²) in [6.07, 6.45) is 0.748. The van der Waals surface area contributed by atoms with Crippen LogP contribution in [0.25, 0.3) is 0 Å². The smallest absolute Gasteiger partial charge is 0.264 e. The fourth-order valence-corrected chi connectivity index (χ4v) is 5.68. The van der Waals surface area contributed by atoms with E-state index in [1.807, 2.05) is 32.9 Å². The predicted molar refractivity (Wildman–Crippen MR) is 153 cm³/mol. The van der Waals surface area contributed by atoms with Crippen molar-refractivity contribution in [3.05, 3.63) is 89.5 Å². The van der Waals surface area contributed by atoms with Crippen molar-refractivity contribution in [3.8, 4) is 5.75 Å². The molecule has 208 valence electrons. The van der Waals surface area contributed by atoms with Crippen molar-refractivity contribution in [2.45, 2.75) is 51.6 Å². The zero-order valence-corrected chi connectivity index (χ0v) is 24.0. The van der Waals surface area contributed by atoms with E-state index in [0.29, 0.717) is 18.0 Å². The van der Waals surface area contributed by atoms with Crippen LogP contribution in [-0.4, -0.2) is 51.4 Å². The van der Waals surface area contributed by atoms with Gasteiger partial charge in [0.1, 0.15) is 18.3 Å². The van der Waals surface area contributed by atoms with E-state index in [1.54, 1.807) is 62.6 Å². The molecule has 0 aliphatic carbocycles. The highest BCUT2D eigenvalue weighted by atomic mass is 32.2. The van der Waals surface area contributed by atoms with Gasteiger partial charge < -0.3 is 15.0 Å². The van der Waals surface area contributed by atoms with Crippen LogP contribution in [0.1, 0.15) is 37.0 Å². The number of carbonyl (C=O) groups is 2. The summed E-state index contributed by atoms with van der Waals surface area (Å²) in [4.78, 5) is 28.5. The van der Waals surface area contributed by atoms with E-state index in [2.05, 4.69) is 5.32 Å². The Kier molecular flexibility index (Phi) is 10.1. The summed E-state index contributed by atoms with van der Waals surface area (Å²) >= 11 is 0. The molecule has 0 spiro atoms. The average molecular weight is 552 g/mol. The van der Waals surface area contributed by atoms with Gasteiger partial charge in [-0.25, -0.2) is 8.42 Å². The van der Waals surface area contributed by atoms with Gasteiger partial charge >= 0.3 is 0 Å². The van der Waals surface area contributed by atoms with Gasteiger partial charge in [0.25, 0.3) is 10.0 Å². The lowest BCUT2D eigenvalue weighted by atomic mass is 10.1. The molecule has 39 heavy (non-hydrogen) atoms. The Bertz CT molecular complexity index is 1390. The second kappa shape index (κ2) is 13.3. The Balaban J connectivity index is 2.06. The first-order valence-electron chi connectivity index (χ1n) is 12.9. The molecule has 0 saturated carbocycles. The molecule has 9 heteroatoms. The average Bonchev–Trinajstić information content (AvgIpc) is 2.95. The van der Waals surface area contributed by atoms with Crippen molar-refractivity contribution in [2.24, 2.45) is 0 Å². The van der Waals surface area contributed by atoms with Crippen molar-refractivity contribution in [1.82, 2.24) is 10.2 Å². The summed E-state index contributed by atoms with van der Waals surface area (Å²) in [6, 6.07) is 19.8. The lowest BCUT2D eigenvalue weighted by Gasteiger charge is -2.32. The molecular weight excluding hydrogens is 514 g/mol. The molecule has 0 aliphatic heterocycles. The quantitative estimate of drug-likeness (QED) is 0.359. The molecule has 0 bridgehead atoms. The topological polar surface area (TPSA) is 96.0 Å². The minimum Gasteiger partial charge on any atom is -0.497 e. The lowest BCUT2D eigenvalue weighted by molar-refractivity contribution is -0.139. The summed E-state index contributed by atoms with van der Waals surface area (Å²) in [5.41, 5.74) is 2.81. The Labute approximate surface area is 231 Å². The molecular formula is C30H37N3O5S. The highest BCUT2D eigenvalue weighted by Gasteiger charge is 2.33. The number of hydrogen-bond donors (Lipinski definition) is 1. The molecule has 0 unspecified atom stereocenters. The van der Waals surface area contributed by atoms with E-state index >= 15 is 0 Å². The molecule has 0 aromatic heterocycles. The number of amides is 2. The highest BCUT2D eigenvalue weighted by molar-refractivity contribution is 7.92. The van der Waals surface area contributed by atoms with Crippen LogP contribution in [-0.2, 0) is 26.2 Å². The maximum atomic E-state index is 14.0. The van der Waals surface area contributed by atoms with Gasteiger partial charge in [0.15, 0.2) is 0 Å². The minimum atomic E-state index is -4.10. The molecule has 8 nitrogen and oxygen atoms in total. The Morgan fingerprint density at radius 1 is 0.974 bits per heavy atom. The first-order chi connectivity index (χ1) is 18.6. The summed E-state index contributed by atoms with van der Waals surface area (Å²) in [6.45, 7) is 7.42. The summed E-state index contributed by atoms with van der Waals surface area (Å²) in [5.74, 6) is -0.193. The number of hydrogen-bond acceptors (Lipinski definition) is 5. The molecule has 0 heterocycles. The van der Waals surface area contributed by atoms with Crippen molar-refractivity contribution in [2.75, 3.05) is 24.5 Å². The van der Waals surface area contributed by atoms with Gasteiger partial charge in [-0.15, -0.1) is 0 Å². The Morgan fingerprint density at radius 2 is 1.67 bits per heavy atom. The van der Waals surface area contributed by atoms with Crippen LogP contribution < -0.4 is 14.4 Å². The molecule has 1 N–H and O–H groups in total. The predicted octanol–water partition coefficient (Wildman–Crippen LogP) is 4.45. The fraction of sp³-hybridized carbons (Fsp3) is 0.333. The SMILES string of the molecule is CCCNC(=O)[C@H](C)N(Cc1cccc(OC)c1)C(=O)CN(c1cccc(C)c1C)S(=O)(=O)c1ccccc1. The third-order valence-corrected chi connectivity index (χ3v) is 8.43. The summed E-state index contributed by atoms with van der Waals surface area (Å²) in [5, 5.41) is 2.84. The van der Waals surface area contributed by atoms with E-state index < -0.39 is 28.5 Å². The summed E-state index contributed by atoms with van der Waals surface area (Å²) in [7, 11) is -2.55. The normalized spacial score (nSPS) is 11.9. The molecule has 3 rings (SSSR count). The molecule has 2 amide bonds. The van der Waals surface area contributed by atoms with Crippen molar-refractivity contribution in [1.29, 1.82) is 0 Å². The number of rotatable bonds is 12. The van der Waals surface area contributed by atoms with Crippen LogP contribution in [0.3, 0.4) is 0 Å². The molecule has 0 saturated heterocycles. The number of anilines is 1. The number of ether oxygens (including phenoxy) is 1. The zero-order valence-electron chi connectivity index (χ0n) is 23.2. The maximum Gasteiger partial charge on any atom is 0.264 e. The van der Waals surface area contributed by atoms with Crippen molar-refractivity contribution < 1.29 is 22.7 Å². The third-order valence-electron chi connectivity index (χ3n) is 6.66. The van der Waals surface area contributed by atoms with E-state index in [1.165, 1.54) is 17.0 Å². The minimum absolute atomic E-state index is 0.0757. The molecule has 3 aromatic rings. The number of benzene rings is 3. The van der Waals surface area contributed by atoms with Gasteiger partial charge in [0.2, 0.25) is 11.8 Å². The van der Waals surface area contributed by atoms with Crippen LogP contribution in [0.2, 0.25) is 0 Å². The van der Waals surface area contributed by atoms with Crippen molar-refractivity contribution in [3.63, 3.8) is 0 Å². The van der Waals surface area contributed by atoms with Gasteiger partial charge in [0, 0.05) is 13.1 Å². The first-order valence-corrected chi connectivity index (χ1v) is 14.4. The molecule has 3 aromatic carbocycles. The number of nitrogens with zero attached hydrogens (tertiary/aromatic N) is 2. The van der Waals surface area contributed by atoms with Crippen LogP contribution in [0.5, 0.6) is 5.75 Å². The number of carbonyl (C=O) groups excluding carboxylic acids is 2. The number of sulfonamides is 1. The lowest BCUT2D eigenvalue weighted by Crippen LogP contribution is -2.51. The largest absolute Gasteiger partial charge is 0.497 e. The zero-order chi connectivity index (χ0) is 28.6. The van der Waals surface area contributed by atoms with Gasteiger partial charge in [-0.2, -0.15) is 0 Å². The van der Waals surface area contributed by atoms with E-state index in [0.717, 1.165) is 27.4 Å². The highest BCUT2D eigenvalue weighted by Crippen LogP contribution is 2.29.